The van der Waals surface area contributed by atoms with E-state index in [1.807, 2.05) is 0 Å². The van der Waals surface area contributed by atoms with Crippen LogP contribution in [-0.2, 0) is 6.54 Å². The summed E-state index contributed by atoms with van der Waals surface area (Å²) in [6.07, 6.45) is 0. The molecule has 0 fully saturated rings. The molecule has 0 aliphatic heterocycles. The van der Waals surface area contributed by atoms with Crippen molar-refractivity contribution in [3.63, 3.8) is 0 Å². The van der Waals surface area contributed by atoms with E-state index >= 15 is 0 Å². The van der Waals surface area contributed by atoms with Crippen molar-refractivity contribution in [1.82, 2.24) is 14.9 Å². The molecule has 0 atom stereocenters. The van der Waals surface area contributed by atoms with E-state index in [4.69, 9.17) is 5.11 Å². The van der Waals surface area contributed by atoms with Crippen LogP contribution < -0.4 is 5.32 Å². The van der Waals surface area contributed by atoms with Crippen molar-refractivity contribution in [1.29, 1.82) is 0 Å². The van der Waals surface area contributed by atoms with Gasteiger partial charge in [-0.3, -0.25) is 4.79 Å². The first-order valence-corrected chi connectivity index (χ1v) is 5.79. The molecule has 2 aromatic rings. The van der Waals surface area contributed by atoms with Gasteiger partial charge in [0.2, 0.25) is 0 Å². The lowest BCUT2D eigenvalue weighted by atomic mass is 10.2. The molecule has 0 unspecified atom stereocenters. The molecule has 0 aliphatic rings. The quantitative estimate of drug-likeness (QED) is 0.864. The normalized spacial score (nSPS) is 10.2. The number of carbonyl (C=O) groups excluding carboxylic acids is 1. The summed E-state index contributed by atoms with van der Waals surface area (Å²) >= 11 is 1.08. The smallest absolute Gasteiger partial charge is 0.265 e. The van der Waals surface area contributed by atoms with E-state index in [1.165, 1.54) is 0 Å². The van der Waals surface area contributed by atoms with Gasteiger partial charge in [-0.1, -0.05) is 16.6 Å². The van der Waals surface area contributed by atoms with Crippen LogP contribution in [-0.4, -0.2) is 20.6 Å². The summed E-state index contributed by atoms with van der Waals surface area (Å²) in [5.74, 6) is 0.0353. The number of aryl methyl sites for hydroxylation is 1. The molecule has 1 aromatic heterocycles. The van der Waals surface area contributed by atoms with E-state index in [-0.39, 0.29) is 11.7 Å². The van der Waals surface area contributed by atoms with Crippen LogP contribution in [0.25, 0.3) is 0 Å². The van der Waals surface area contributed by atoms with Crippen LogP contribution in [0.15, 0.2) is 24.3 Å². The molecule has 5 nitrogen and oxygen atoms in total. The zero-order chi connectivity index (χ0) is 12.3. The van der Waals surface area contributed by atoms with Gasteiger partial charge in [0, 0.05) is 6.54 Å². The summed E-state index contributed by atoms with van der Waals surface area (Å²) in [5.41, 5.74) is 1.56. The van der Waals surface area contributed by atoms with Crippen LogP contribution >= 0.6 is 11.5 Å². The second kappa shape index (κ2) is 4.92. The highest BCUT2D eigenvalue weighted by Crippen LogP contribution is 2.11. The molecule has 2 rings (SSSR count). The number of nitrogens with zero attached hydrogens (tertiary/aromatic N) is 2. The number of aromatic nitrogens is 2. The Morgan fingerprint density at radius 2 is 2.12 bits per heavy atom. The highest BCUT2D eigenvalue weighted by Gasteiger charge is 2.12. The Labute approximate surface area is 102 Å². The Hall–Kier alpha value is -1.95. The minimum absolute atomic E-state index is 0.175. The number of phenols is 1. The largest absolute Gasteiger partial charge is 0.508 e. The van der Waals surface area contributed by atoms with Crippen molar-refractivity contribution in [2.45, 2.75) is 13.5 Å². The number of benzene rings is 1. The number of phenolic OH excluding ortho intramolecular Hbond substituents is 1. The summed E-state index contributed by atoms with van der Waals surface area (Å²) < 4.78 is 3.71. The molecule has 0 saturated heterocycles. The maximum atomic E-state index is 11.7. The Morgan fingerprint density at radius 1 is 1.41 bits per heavy atom. The molecule has 1 amide bonds. The van der Waals surface area contributed by atoms with Gasteiger partial charge in [0.15, 0.2) is 0 Å². The minimum atomic E-state index is -0.175. The topological polar surface area (TPSA) is 75.1 Å². The molecule has 6 heteroatoms. The fourth-order valence-corrected chi connectivity index (χ4v) is 1.89. The number of hydrogen-bond acceptors (Lipinski definition) is 5. The summed E-state index contributed by atoms with van der Waals surface area (Å²) in [5, 5.41) is 15.7. The van der Waals surface area contributed by atoms with E-state index in [0.717, 1.165) is 17.1 Å². The van der Waals surface area contributed by atoms with Crippen LogP contribution in [0, 0.1) is 6.92 Å². The maximum Gasteiger partial charge on any atom is 0.265 e. The van der Waals surface area contributed by atoms with Crippen molar-refractivity contribution < 1.29 is 9.90 Å². The van der Waals surface area contributed by atoms with Crippen LogP contribution in [0.3, 0.4) is 0 Å². The van der Waals surface area contributed by atoms with Gasteiger partial charge >= 0.3 is 0 Å². The predicted octanol–water partition coefficient (Wildman–Crippen LogP) is 1.48. The average molecular weight is 249 g/mol. The number of carbonyl (C=O) groups is 1. The molecule has 1 heterocycles. The standard InChI is InChI=1S/C11H11N3O2S/c1-7-10(17-14-13-7)11(16)12-6-8-2-4-9(15)5-3-8/h2-5,15H,6H2,1H3,(H,12,16). The SMILES string of the molecule is Cc1nnsc1C(=O)NCc1ccc(O)cc1. The summed E-state index contributed by atoms with van der Waals surface area (Å²) in [6.45, 7) is 2.16. The molecule has 0 saturated carbocycles. The van der Waals surface area contributed by atoms with Crippen molar-refractivity contribution in [3.05, 3.63) is 40.4 Å². The second-order valence-corrected chi connectivity index (χ2v) is 4.29. The van der Waals surface area contributed by atoms with Gasteiger partial charge in [-0.2, -0.15) is 0 Å². The van der Waals surface area contributed by atoms with E-state index in [9.17, 15) is 4.79 Å². The van der Waals surface area contributed by atoms with Crippen LogP contribution in [0.5, 0.6) is 5.75 Å². The lowest BCUT2D eigenvalue weighted by Gasteiger charge is -2.03. The Morgan fingerprint density at radius 3 is 2.71 bits per heavy atom. The first kappa shape index (κ1) is 11.5. The molecule has 1 aromatic carbocycles. The van der Waals surface area contributed by atoms with Gasteiger partial charge in [0.25, 0.3) is 5.91 Å². The number of hydrogen-bond donors (Lipinski definition) is 2. The minimum Gasteiger partial charge on any atom is -0.508 e. The molecule has 0 spiro atoms. The van der Waals surface area contributed by atoms with Crippen LogP contribution in [0.1, 0.15) is 20.9 Å². The first-order chi connectivity index (χ1) is 8.16. The van der Waals surface area contributed by atoms with E-state index in [1.54, 1.807) is 31.2 Å². The second-order valence-electron chi connectivity index (χ2n) is 3.54. The molecule has 2 N–H and O–H groups in total. The number of amides is 1. The van der Waals surface area contributed by atoms with Crippen molar-refractivity contribution in [2.75, 3.05) is 0 Å². The number of aromatic hydroxyl groups is 1. The molecule has 0 radical (unpaired) electrons. The third-order valence-electron chi connectivity index (χ3n) is 2.25. The first-order valence-electron chi connectivity index (χ1n) is 5.02. The number of rotatable bonds is 3. The van der Waals surface area contributed by atoms with E-state index in [0.29, 0.717) is 17.1 Å². The van der Waals surface area contributed by atoms with Gasteiger partial charge < -0.3 is 10.4 Å². The molecular weight excluding hydrogens is 238 g/mol. The lowest BCUT2D eigenvalue weighted by molar-refractivity contribution is 0.0954. The predicted molar refractivity (Wildman–Crippen MR) is 63.9 cm³/mol. The van der Waals surface area contributed by atoms with Gasteiger partial charge in [-0.25, -0.2) is 0 Å². The van der Waals surface area contributed by atoms with Crippen LogP contribution in [0.4, 0.5) is 0 Å². The Bertz CT molecular complexity index is 522. The van der Waals surface area contributed by atoms with Crippen molar-refractivity contribution in [2.24, 2.45) is 0 Å². The highest BCUT2D eigenvalue weighted by atomic mass is 32.1. The zero-order valence-electron chi connectivity index (χ0n) is 9.17. The number of nitrogens with one attached hydrogen (secondary N) is 1. The molecule has 0 aliphatic carbocycles. The molecular formula is C11H11N3O2S. The Balaban J connectivity index is 1.97. The summed E-state index contributed by atoms with van der Waals surface area (Å²) in [4.78, 5) is 12.3. The monoisotopic (exact) mass is 249 g/mol. The zero-order valence-corrected chi connectivity index (χ0v) is 9.99. The third kappa shape index (κ3) is 2.79. The maximum absolute atomic E-state index is 11.7. The van der Waals surface area contributed by atoms with Gasteiger partial charge in [0.1, 0.15) is 10.6 Å². The third-order valence-corrected chi connectivity index (χ3v) is 3.07. The highest BCUT2D eigenvalue weighted by molar-refractivity contribution is 7.07. The van der Waals surface area contributed by atoms with Gasteiger partial charge in [0.05, 0.1) is 5.69 Å². The summed E-state index contributed by atoms with van der Waals surface area (Å²) in [7, 11) is 0. The average Bonchev–Trinajstić information content (AvgIpc) is 2.74. The Kier molecular flexibility index (Phi) is 3.34. The van der Waals surface area contributed by atoms with E-state index in [2.05, 4.69) is 14.9 Å². The van der Waals surface area contributed by atoms with Crippen molar-refractivity contribution >= 4 is 17.4 Å². The van der Waals surface area contributed by atoms with Gasteiger partial charge in [-0.05, 0) is 36.2 Å². The lowest BCUT2D eigenvalue weighted by Crippen LogP contribution is -2.22. The fraction of sp³-hybridized carbons (Fsp3) is 0.182. The summed E-state index contributed by atoms with van der Waals surface area (Å²) in [6, 6.07) is 6.68. The molecule has 88 valence electrons. The molecule has 0 bridgehead atoms. The van der Waals surface area contributed by atoms with Gasteiger partial charge in [-0.15, -0.1) is 5.10 Å². The van der Waals surface area contributed by atoms with E-state index < -0.39 is 0 Å². The van der Waals surface area contributed by atoms with Crippen molar-refractivity contribution in [3.8, 4) is 5.75 Å². The molecule has 17 heavy (non-hydrogen) atoms. The van der Waals surface area contributed by atoms with Crippen LogP contribution in [0.2, 0.25) is 0 Å². The fourth-order valence-electron chi connectivity index (χ4n) is 1.32.